The summed E-state index contributed by atoms with van der Waals surface area (Å²) < 4.78 is 5.64. The van der Waals surface area contributed by atoms with Crippen molar-refractivity contribution in [2.45, 2.75) is 26.2 Å². The molecule has 0 saturated heterocycles. The van der Waals surface area contributed by atoms with Gasteiger partial charge in [-0.25, -0.2) is 0 Å². The maximum atomic E-state index is 8.71. The van der Waals surface area contributed by atoms with Crippen LogP contribution in [0.1, 0.15) is 25.3 Å². The van der Waals surface area contributed by atoms with Gasteiger partial charge in [0.05, 0.1) is 19.1 Å². The summed E-state index contributed by atoms with van der Waals surface area (Å²) >= 11 is 0. The Kier molecular flexibility index (Phi) is 3.66. The summed E-state index contributed by atoms with van der Waals surface area (Å²) in [6.45, 7) is 2.90. The minimum absolute atomic E-state index is 0.441. The highest BCUT2D eigenvalue weighted by molar-refractivity contribution is 5.84. The fourth-order valence-corrected chi connectivity index (χ4v) is 1.82. The molecule has 0 atom stereocenters. The lowest BCUT2D eigenvalue weighted by molar-refractivity contribution is 0.310. The fraction of sp³-hybridized carbons (Fsp3) is 0.357. The Morgan fingerprint density at radius 2 is 2.29 bits per heavy atom. The number of fused-ring (bicyclic) bond motifs is 1. The average molecular weight is 228 g/mol. The molecule has 3 nitrogen and oxygen atoms in total. The lowest BCUT2D eigenvalue weighted by Crippen LogP contribution is -1.95. The molecule has 1 aromatic heterocycles. The molecule has 1 heterocycles. The van der Waals surface area contributed by atoms with Crippen LogP contribution in [-0.4, -0.2) is 11.6 Å². The van der Waals surface area contributed by atoms with Gasteiger partial charge < -0.3 is 9.72 Å². The third kappa shape index (κ3) is 2.59. The van der Waals surface area contributed by atoms with Gasteiger partial charge >= 0.3 is 0 Å². The van der Waals surface area contributed by atoms with Gasteiger partial charge in [0.15, 0.2) is 0 Å². The smallest absolute Gasteiger partial charge is 0.121 e. The molecule has 0 aliphatic rings. The van der Waals surface area contributed by atoms with E-state index in [1.807, 2.05) is 24.4 Å². The standard InChI is InChI=1S/C14H16N2O/c1-2-3-8-17-12-4-5-13-11(6-7-15)10-16-14(13)9-12/h4-5,9-10,16H,2-3,6,8H2,1H3. The number of nitrogens with zero attached hydrogens (tertiary/aromatic N) is 1. The first kappa shape index (κ1) is 11.5. The third-order valence-electron chi connectivity index (χ3n) is 2.78. The number of rotatable bonds is 5. The van der Waals surface area contributed by atoms with Crippen LogP contribution in [0.25, 0.3) is 10.9 Å². The van der Waals surface area contributed by atoms with Gasteiger partial charge in [-0.3, -0.25) is 0 Å². The lowest BCUT2D eigenvalue weighted by Gasteiger charge is -2.05. The number of H-pyrrole nitrogens is 1. The second kappa shape index (κ2) is 5.40. The summed E-state index contributed by atoms with van der Waals surface area (Å²) in [4.78, 5) is 3.17. The molecule has 1 N–H and O–H groups in total. The maximum Gasteiger partial charge on any atom is 0.121 e. The number of nitriles is 1. The quantitative estimate of drug-likeness (QED) is 0.797. The van der Waals surface area contributed by atoms with Crippen LogP contribution in [0.15, 0.2) is 24.4 Å². The molecule has 2 rings (SSSR count). The first-order chi connectivity index (χ1) is 8.35. The summed E-state index contributed by atoms with van der Waals surface area (Å²) in [6, 6.07) is 8.14. The van der Waals surface area contributed by atoms with Crippen LogP contribution in [0.3, 0.4) is 0 Å². The molecule has 0 fully saturated rings. The normalized spacial score (nSPS) is 10.4. The van der Waals surface area contributed by atoms with Crippen molar-refractivity contribution in [3.63, 3.8) is 0 Å². The molecule has 3 heteroatoms. The van der Waals surface area contributed by atoms with Crippen LogP contribution >= 0.6 is 0 Å². The molecule has 88 valence electrons. The molecule has 1 aromatic carbocycles. The van der Waals surface area contributed by atoms with Crippen LogP contribution < -0.4 is 4.74 Å². The monoisotopic (exact) mass is 228 g/mol. The third-order valence-corrected chi connectivity index (χ3v) is 2.78. The summed E-state index contributed by atoms with van der Waals surface area (Å²) in [6.07, 6.45) is 4.54. The van der Waals surface area contributed by atoms with Crippen molar-refractivity contribution < 1.29 is 4.74 Å². The Bertz CT molecular complexity index is 537. The van der Waals surface area contributed by atoms with Crippen molar-refractivity contribution in [3.05, 3.63) is 30.0 Å². The van der Waals surface area contributed by atoms with Crippen molar-refractivity contribution >= 4 is 10.9 Å². The molecule has 0 aliphatic heterocycles. The molecule has 0 radical (unpaired) electrons. The van der Waals surface area contributed by atoms with Gasteiger partial charge in [0, 0.05) is 23.2 Å². The topological polar surface area (TPSA) is 48.8 Å². The molecule has 2 aromatic rings. The summed E-state index contributed by atoms with van der Waals surface area (Å²) in [5.74, 6) is 0.885. The highest BCUT2D eigenvalue weighted by Gasteiger charge is 2.04. The molecule has 17 heavy (non-hydrogen) atoms. The second-order valence-corrected chi connectivity index (χ2v) is 4.06. The van der Waals surface area contributed by atoms with Crippen LogP contribution in [0.5, 0.6) is 5.75 Å². The number of hydrogen-bond donors (Lipinski definition) is 1. The maximum absolute atomic E-state index is 8.71. The van der Waals surface area contributed by atoms with Gasteiger partial charge in [-0.05, 0) is 24.1 Å². The minimum atomic E-state index is 0.441. The molecular formula is C14H16N2O. The number of aromatic nitrogens is 1. The zero-order valence-corrected chi connectivity index (χ0v) is 9.99. The van der Waals surface area contributed by atoms with Crippen LogP contribution in [0.4, 0.5) is 0 Å². The number of unbranched alkanes of at least 4 members (excludes halogenated alkanes) is 1. The van der Waals surface area contributed by atoms with Crippen LogP contribution in [0, 0.1) is 11.3 Å². The van der Waals surface area contributed by atoms with Gasteiger partial charge in [0.25, 0.3) is 0 Å². The molecular weight excluding hydrogens is 212 g/mol. The number of ether oxygens (including phenoxy) is 1. The Morgan fingerprint density at radius 3 is 3.06 bits per heavy atom. The van der Waals surface area contributed by atoms with Crippen molar-refractivity contribution in [2.75, 3.05) is 6.61 Å². The molecule has 0 saturated carbocycles. The summed E-state index contributed by atoms with van der Waals surface area (Å²) in [7, 11) is 0. The van der Waals surface area contributed by atoms with Crippen LogP contribution in [0.2, 0.25) is 0 Å². The Balaban J connectivity index is 2.18. The van der Waals surface area contributed by atoms with Crippen LogP contribution in [-0.2, 0) is 6.42 Å². The second-order valence-electron chi connectivity index (χ2n) is 4.06. The Morgan fingerprint density at radius 1 is 1.41 bits per heavy atom. The average Bonchev–Trinajstić information content (AvgIpc) is 2.73. The van der Waals surface area contributed by atoms with Gasteiger partial charge in [-0.15, -0.1) is 0 Å². The van der Waals surface area contributed by atoms with Gasteiger partial charge in [-0.2, -0.15) is 5.26 Å². The molecule has 0 unspecified atom stereocenters. The highest BCUT2D eigenvalue weighted by Crippen LogP contribution is 2.23. The van der Waals surface area contributed by atoms with E-state index >= 15 is 0 Å². The SMILES string of the molecule is CCCCOc1ccc2c(CC#N)c[nH]c2c1. The minimum Gasteiger partial charge on any atom is -0.494 e. The van der Waals surface area contributed by atoms with E-state index in [2.05, 4.69) is 18.0 Å². The van der Waals surface area contributed by atoms with Gasteiger partial charge in [0.2, 0.25) is 0 Å². The van der Waals surface area contributed by atoms with E-state index in [1.165, 1.54) is 0 Å². The van der Waals surface area contributed by atoms with E-state index in [0.717, 1.165) is 41.7 Å². The zero-order chi connectivity index (χ0) is 12.1. The van der Waals surface area contributed by atoms with E-state index < -0.39 is 0 Å². The number of aromatic amines is 1. The van der Waals surface area contributed by atoms with Crippen molar-refractivity contribution in [3.8, 4) is 11.8 Å². The van der Waals surface area contributed by atoms with Crippen molar-refractivity contribution in [1.82, 2.24) is 4.98 Å². The number of hydrogen-bond acceptors (Lipinski definition) is 2. The van der Waals surface area contributed by atoms with E-state index in [9.17, 15) is 0 Å². The Hall–Kier alpha value is -1.95. The van der Waals surface area contributed by atoms with E-state index in [1.54, 1.807) is 0 Å². The first-order valence-corrected chi connectivity index (χ1v) is 5.95. The largest absolute Gasteiger partial charge is 0.494 e. The Labute approximate surface area is 101 Å². The highest BCUT2D eigenvalue weighted by atomic mass is 16.5. The lowest BCUT2D eigenvalue weighted by atomic mass is 10.1. The number of benzene rings is 1. The zero-order valence-electron chi connectivity index (χ0n) is 9.99. The predicted molar refractivity (Wildman–Crippen MR) is 68.0 cm³/mol. The predicted octanol–water partition coefficient (Wildman–Crippen LogP) is 3.41. The number of nitrogens with one attached hydrogen (secondary N) is 1. The van der Waals surface area contributed by atoms with Gasteiger partial charge in [0.1, 0.15) is 5.75 Å². The molecule has 0 bridgehead atoms. The van der Waals surface area contributed by atoms with E-state index in [-0.39, 0.29) is 0 Å². The molecule has 0 spiro atoms. The van der Waals surface area contributed by atoms with Crippen molar-refractivity contribution in [2.24, 2.45) is 0 Å². The summed E-state index contributed by atoms with van der Waals surface area (Å²) in [5.41, 5.74) is 2.08. The van der Waals surface area contributed by atoms with Gasteiger partial charge in [-0.1, -0.05) is 13.3 Å². The fourth-order valence-electron chi connectivity index (χ4n) is 1.82. The summed E-state index contributed by atoms with van der Waals surface area (Å²) in [5, 5.41) is 9.81. The molecule has 0 amide bonds. The molecule has 0 aliphatic carbocycles. The van der Waals surface area contributed by atoms with E-state index in [4.69, 9.17) is 10.00 Å². The van der Waals surface area contributed by atoms with E-state index in [0.29, 0.717) is 6.42 Å². The van der Waals surface area contributed by atoms with Crippen molar-refractivity contribution in [1.29, 1.82) is 5.26 Å². The first-order valence-electron chi connectivity index (χ1n) is 5.95.